The predicted octanol–water partition coefficient (Wildman–Crippen LogP) is 7.75. The molecule has 220 valence electrons. The lowest BCUT2D eigenvalue weighted by Crippen LogP contribution is -2.22. The summed E-state index contributed by atoms with van der Waals surface area (Å²) in [5.74, 6) is 0.438. The number of hydrogen-bond donors (Lipinski definition) is 0. The molecule has 0 radical (unpaired) electrons. The van der Waals surface area contributed by atoms with Crippen molar-refractivity contribution < 1.29 is 18.6 Å². The summed E-state index contributed by atoms with van der Waals surface area (Å²) >= 11 is 6.78. The number of aromatic nitrogens is 6. The third-order valence-corrected chi connectivity index (χ3v) is 9.47. The van der Waals surface area contributed by atoms with Gasteiger partial charge < -0.3 is 18.8 Å². The molecule has 1 aliphatic rings. The van der Waals surface area contributed by atoms with Gasteiger partial charge in [-0.25, -0.2) is 19.0 Å². The molecule has 42 heavy (non-hydrogen) atoms. The van der Waals surface area contributed by atoms with E-state index in [4.69, 9.17) is 30.8 Å². The second kappa shape index (κ2) is 11.7. The van der Waals surface area contributed by atoms with Crippen LogP contribution in [-0.4, -0.2) is 50.6 Å². The van der Waals surface area contributed by atoms with Gasteiger partial charge in [-0.05, 0) is 56.5 Å². The third-order valence-electron chi connectivity index (χ3n) is 7.40. The SMILES string of the molecule is Cc1nc2ccc(Oc3ccc4ncc(-c5cnn(C6CCCCO6)c5)nc4c3Cl)c(F)c2n1COCC[Si](C)(C)C. The van der Waals surface area contributed by atoms with Crippen molar-refractivity contribution in [3.63, 3.8) is 0 Å². The summed E-state index contributed by atoms with van der Waals surface area (Å²) in [5.41, 5.74) is 3.32. The molecule has 0 bridgehead atoms. The molecule has 1 atom stereocenters. The highest BCUT2D eigenvalue weighted by Crippen LogP contribution is 2.37. The standard InChI is InChI=1S/C30H34ClFN6O3Si/c1-19-35-22-9-11-25(28(32)30(22)37(19)18-39-13-14-42(2,3)4)41-24-10-8-21-29(27(24)31)36-23(16-33-21)20-15-34-38(17-20)26-7-5-6-12-40-26/h8-11,15-17,26H,5-7,12-14,18H2,1-4H3. The molecule has 2 aromatic carbocycles. The van der Waals surface area contributed by atoms with Gasteiger partial charge in [-0.15, -0.1) is 0 Å². The molecule has 0 amide bonds. The van der Waals surface area contributed by atoms with E-state index >= 15 is 4.39 Å². The quantitative estimate of drug-likeness (QED) is 0.125. The summed E-state index contributed by atoms with van der Waals surface area (Å²) in [7, 11) is -1.24. The minimum atomic E-state index is -1.24. The van der Waals surface area contributed by atoms with Gasteiger partial charge in [-0.2, -0.15) is 5.10 Å². The summed E-state index contributed by atoms with van der Waals surface area (Å²) in [6, 6.07) is 7.75. The smallest absolute Gasteiger partial charge is 0.191 e. The summed E-state index contributed by atoms with van der Waals surface area (Å²) < 4.78 is 37.2. The van der Waals surface area contributed by atoms with E-state index in [1.165, 1.54) is 0 Å². The molecule has 0 aliphatic carbocycles. The zero-order chi connectivity index (χ0) is 29.4. The Morgan fingerprint density at radius 2 is 1.88 bits per heavy atom. The van der Waals surface area contributed by atoms with Gasteiger partial charge in [0.1, 0.15) is 40.6 Å². The molecule has 0 spiro atoms. The fraction of sp³-hybridized carbons (Fsp3) is 0.400. The van der Waals surface area contributed by atoms with E-state index in [-0.39, 0.29) is 29.5 Å². The van der Waals surface area contributed by atoms with E-state index in [9.17, 15) is 0 Å². The van der Waals surface area contributed by atoms with Crippen LogP contribution in [0.2, 0.25) is 30.7 Å². The average molecular weight is 609 g/mol. The normalized spacial score (nSPS) is 16.0. The molecule has 12 heteroatoms. The van der Waals surface area contributed by atoms with Crippen molar-refractivity contribution in [2.45, 2.75) is 64.8 Å². The molecule has 9 nitrogen and oxygen atoms in total. The minimum absolute atomic E-state index is 0.0323. The number of ether oxygens (including phenoxy) is 3. The van der Waals surface area contributed by atoms with Crippen molar-refractivity contribution in [2.24, 2.45) is 0 Å². The first-order chi connectivity index (χ1) is 20.2. The van der Waals surface area contributed by atoms with Crippen molar-refractivity contribution >= 4 is 41.7 Å². The molecular formula is C30H34ClFN6O3Si. The highest BCUT2D eigenvalue weighted by Gasteiger charge is 2.21. The Labute approximate surface area is 249 Å². The minimum Gasteiger partial charge on any atom is -0.453 e. The Morgan fingerprint density at radius 1 is 1.07 bits per heavy atom. The maximum atomic E-state index is 15.9. The summed E-state index contributed by atoms with van der Waals surface area (Å²) in [4.78, 5) is 13.8. The largest absolute Gasteiger partial charge is 0.453 e. The number of rotatable bonds is 9. The molecule has 1 unspecified atom stereocenters. The monoisotopic (exact) mass is 608 g/mol. The van der Waals surface area contributed by atoms with Crippen LogP contribution in [0.25, 0.3) is 33.3 Å². The zero-order valence-corrected chi connectivity index (χ0v) is 26.0. The summed E-state index contributed by atoms with van der Waals surface area (Å²) in [6.07, 6.45) is 8.36. The number of fused-ring (bicyclic) bond motifs is 2. The fourth-order valence-corrected chi connectivity index (χ4v) is 5.97. The zero-order valence-electron chi connectivity index (χ0n) is 24.2. The Kier molecular flexibility index (Phi) is 8.01. The highest BCUT2D eigenvalue weighted by atomic mass is 35.5. The number of aryl methyl sites for hydroxylation is 1. The molecule has 0 N–H and O–H groups in total. The van der Waals surface area contributed by atoms with E-state index in [0.717, 1.165) is 37.5 Å². The van der Waals surface area contributed by atoms with Crippen LogP contribution in [0.15, 0.2) is 42.9 Å². The third kappa shape index (κ3) is 5.92. The summed E-state index contributed by atoms with van der Waals surface area (Å²) in [6.45, 7) is 10.3. The van der Waals surface area contributed by atoms with Crippen LogP contribution in [0, 0.1) is 12.7 Å². The summed E-state index contributed by atoms with van der Waals surface area (Å²) in [5, 5.41) is 4.72. The van der Waals surface area contributed by atoms with Crippen molar-refractivity contribution in [3.05, 3.63) is 59.5 Å². The van der Waals surface area contributed by atoms with Crippen LogP contribution >= 0.6 is 11.6 Å². The van der Waals surface area contributed by atoms with E-state index < -0.39 is 13.9 Å². The van der Waals surface area contributed by atoms with Crippen LogP contribution in [0.1, 0.15) is 31.3 Å². The maximum Gasteiger partial charge on any atom is 0.191 e. The number of nitrogens with zero attached hydrogens (tertiary/aromatic N) is 6. The Hall–Kier alpha value is -3.38. The van der Waals surface area contributed by atoms with Gasteiger partial charge in [0.2, 0.25) is 0 Å². The lowest BCUT2D eigenvalue weighted by molar-refractivity contribution is -0.0394. The molecule has 3 aromatic heterocycles. The van der Waals surface area contributed by atoms with Gasteiger partial charge in [0.25, 0.3) is 0 Å². The van der Waals surface area contributed by atoms with Crippen LogP contribution in [0.3, 0.4) is 0 Å². The second-order valence-corrected chi connectivity index (χ2v) is 17.8. The first kappa shape index (κ1) is 28.7. The van der Waals surface area contributed by atoms with Crippen LogP contribution in [0.4, 0.5) is 4.39 Å². The molecule has 0 saturated carbocycles. The van der Waals surface area contributed by atoms with Crippen molar-refractivity contribution in [3.8, 4) is 22.8 Å². The number of benzene rings is 2. The molecular weight excluding hydrogens is 575 g/mol. The Bertz CT molecular complexity index is 1750. The first-order valence-electron chi connectivity index (χ1n) is 14.2. The fourth-order valence-electron chi connectivity index (χ4n) is 4.97. The van der Waals surface area contributed by atoms with Crippen LogP contribution < -0.4 is 4.74 Å². The van der Waals surface area contributed by atoms with Gasteiger partial charge in [-0.1, -0.05) is 31.2 Å². The van der Waals surface area contributed by atoms with E-state index in [0.29, 0.717) is 40.2 Å². The topological polar surface area (TPSA) is 89.1 Å². The van der Waals surface area contributed by atoms with Crippen LogP contribution in [-0.2, 0) is 16.2 Å². The molecule has 6 rings (SSSR count). The number of imidazole rings is 1. The van der Waals surface area contributed by atoms with Gasteiger partial charge >= 0.3 is 0 Å². The van der Waals surface area contributed by atoms with E-state index in [1.807, 2.05) is 17.8 Å². The Balaban J connectivity index is 1.27. The van der Waals surface area contributed by atoms with Crippen LogP contribution in [0.5, 0.6) is 11.5 Å². The number of hydrogen-bond acceptors (Lipinski definition) is 7. The molecule has 1 saturated heterocycles. The second-order valence-electron chi connectivity index (χ2n) is 11.8. The molecule has 1 aliphatic heterocycles. The highest BCUT2D eigenvalue weighted by molar-refractivity contribution is 6.76. The van der Waals surface area contributed by atoms with Gasteiger partial charge in [-0.3, -0.25) is 4.98 Å². The molecule has 5 aromatic rings. The van der Waals surface area contributed by atoms with Gasteiger partial charge in [0, 0.05) is 33.0 Å². The van der Waals surface area contributed by atoms with Gasteiger partial charge in [0.05, 0.1) is 29.1 Å². The van der Waals surface area contributed by atoms with Crippen molar-refractivity contribution in [2.75, 3.05) is 13.2 Å². The molecule has 4 heterocycles. The predicted molar refractivity (Wildman–Crippen MR) is 163 cm³/mol. The van der Waals surface area contributed by atoms with Crippen molar-refractivity contribution in [1.29, 1.82) is 0 Å². The van der Waals surface area contributed by atoms with E-state index in [1.54, 1.807) is 41.2 Å². The lowest BCUT2D eigenvalue weighted by atomic mass is 10.2. The van der Waals surface area contributed by atoms with E-state index in [2.05, 4.69) is 34.7 Å². The lowest BCUT2D eigenvalue weighted by Gasteiger charge is -2.22. The van der Waals surface area contributed by atoms with Crippen molar-refractivity contribution in [1.82, 2.24) is 29.3 Å². The van der Waals surface area contributed by atoms with Gasteiger partial charge in [0.15, 0.2) is 11.6 Å². The number of halogens is 2. The first-order valence-corrected chi connectivity index (χ1v) is 18.3. The molecule has 1 fully saturated rings. The maximum absolute atomic E-state index is 15.9. The Morgan fingerprint density at radius 3 is 2.67 bits per heavy atom. The average Bonchev–Trinajstić information content (AvgIpc) is 3.59.